The molecule has 1 radical (unpaired) electrons. The van der Waals surface area contributed by atoms with E-state index in [-0.39, 0.29) is 7.43 Å². The monoisotopic (exact) mass is 401 g/mol. The quantitative estimate of drug-likeness (QED) is 0.560. The van der Waals surface area contributed by atoms with Gasteiger partial charge in [-0.2, -0.15) is 13.3 Å². The normalized spacial score (nSPS) is 36.5. The van der Waals surface area contributed by atoms with E-state index in [1.165, 1.54) is 19.4 Å². The van der Waals surface area contributed by atoms with Crippen LogP contribution in [0.3, 0.4) is 0 Å². The second-order valence-electron chi connectivity index (χ2n) is 3.64. The number of likely N-dealkylation sites (tertiary alicyclic amines) is 1. The SMILES string of the molecule is C[C-]1CC2CC2N(C)C1.[CH3-].[Lr]. The predicted molar refractivity (Wildman–Crippen MR) is 44.5 cm³/mol. The van der Waals surface area contributed by atoms with Crippen LogP contribution >= 0.6 is 0 Å². The van der Waals surface area contributed by atoms with E-state index in [0.29, 0.717) is 0 Å². The Morgan fingerprint density at radius 3 is 2.64 bits per heavy atom. The Kier molecular flexibility index (Phi) is 2.64. The number of hydrogen-bond acceptors (Lipinski definition) is 1. The van der Waals surface area contributed by atoms with Crippen LogP contribution in [0, 0.1) is 19.3 Å². The average molecular weight is 401 g/mol. The average Bonchev–Trinajstić information content (AvgIpc) is 2.43. The van der Waals surface area contributed by atoms with Crippen LogP contribution in [0.2, 0.25) is 0 Å². The van der Waals surface area contributed by atoms with E-state index >= 15 is 0 Å². The molecule has 1 aliphatic carbocycles. The number of rotatable bonds is 0. The first-order valence-electron chi connectivity index (χ1n) is 3.79. The molecule has 0 aromatic rings. The second kappa shape index (κ2) is 2.91. The van der Waals surface area contributed by atoms with Crippen LogP contribution in [0.25, 0.3) is 0 Å². The Morgan fingerprint density at radius 2 is 2.09 bits per heavy atom. The molecule has 1 aliphatic heterocycles. The van der Waals surface area contributed by atoms with Crippen molar-refractivity contribution in [2.75, 3.05) is 13.6 Å². The molecule has 1 heterocycles. The third-order valence-corrected chi connectivity index (χ3v) is 2.58. The van der Waals surface area contributed by atoms with Crippen molar-refractivity contribution >= 4 is 0 Å². The number of piperidine rings is 1. The van der Waals surface area contributed by atoms with Gasteiger partial charge in [0.15, 0.2) is 0 Å². The van der Waals surface area contributed by atoms with E-state index in [2.05, 4.69) is 18.9 Å². The Balaban J connectivity index is 0.000000500. The summed E-state index contributed by atoms with van der Waals surface area (Å²) in [6.45, 7) is 3.53. The molecular formula is C9H17LrN-2. The number of hydrogen-bond donors (Lipinski definition) is 0. The zero-order chi connectivity index (χ0) is 6.43. The van der Waals surface area contributed by atoms with E-state index in [9.17, 15) is 0 Å². The minimum absolute atomic E-state index is 0. The van der Waals surface area contributed by atoms with Crippen LogP contribution in [0.15, 0.2) is 0 Å². The van der Waals surface area contributed by atoms with Crippen molar-refractivity contribution in [1.29, 1.82) is 0 Å². The Labute approximate surface area is 64.4 Å². The van der Waals surface area contributed by atoms with Gasteiger partial charge < -0.3 is 18.2 Å². The molecule has 75 valence electrons. The third kappa shape index (κ3) is 1.51. The molecule has 2 atom stereocenters. The van der Waals surface area contributed by atoms with Crippen molar-refractivity contribution in [1.82, 2.24) is 4.90 Å². The predicted octanol–water partition coefficient (Wildman–Crippen LogP) is 1.76. The molecule has 0 N–H and O–H groups in total. The summed E-state index contributed by atoms with van der Waals surface area (Å²) in [4.78, 5) is 2.49. The van der Waals surface area contributed by atoms with Crippen molar-refractivity contribution < 1.29 is 0 Å². The Hall–Kier alpha value is -1.04. The Morgan fingerprint density at radius 1 is 1.45 bits per heavy atom. The fraction of sp³-hybridized carbons (Fsp3) is 0.778. The second-order valence-corrected chi connectivity index (χ2v) is 3.64. The van der Waals surface area contributed by atoms with Gasteiger partial charge in [-0.3, -0.25) is 0 Å². The molecule has 11 heavy (non-hydrogen) atoms. The maximum atomic E-state index is 2.49. The topological polar surface area (TPSA) is 3.24 Å². The van der Waals surface area contributed by atoms with Crippen molar-refractivity contribution in [3.8, 4) is 0 Å². The molecule has 2 rings (SSSR count). The van der Waals surface area contributed by atoms with E-state index in [1.54, 1.807) is 5.92 Å². The molecule has 0 aromatic carbocycles. The van der Waals surface area contributed by atoms with E-state index in [0.717, 1.165) is 12.0 Å². The first kappa shape index (κ1) is 9.96. The molecule has 0 spiro atoms. The maximum Gasteiger partial charge on any atom is 0.00707 e. The molecule has 1 saturated carbocycles. The number of fused-ring (bicyclic) bond motifs is 1. The zero-order valence-electron chi connectivity index (χ0n) is 7.48. The maximum absolute atomic E-state index is 2.49. The summed E-state index contributed by atoms with van der Waals surface area (Å²) in [6, 6.07) is 0.966. The first-order valence-corrected chi connectivity index (χ1v) is 3.79. The van der Waals surface area contributed by atoms with Gasteiger partial charge in [0.05, 0.1) is 0 Å². The number of nitrogens with zero attached hydrogens (tertiary/aromatic N) is 1. The summed E-state index contributed by atoms with van der Waals surface area (Å²) in [7, 11) is 2.24. The molecule has 0 aromatic heterocycles. The molecule has 0 amide bonds. The molecule has 0 bridgehead atoms. The van der Waals surface area contributed by atoms with E-state index in [4.69, 9.17) is 0 Å². The van der Waals surface area contributed by atoms with Gasteiger partial charge in [-0.15, -0.1) is 6.54 Å². The Bertz CT molecular complexity index is 127. The molecule has 2 fully saturated rings. The first-order chi connectivity index (χ1) is 4.27. The molecule has 1 nitrogen and oxygen atoms in total. The smallest absolute Gasteiger partial charge is 0.00707 e. The minimum atomic E-state index is 0. The zero-order valence-corrected chi connectivity index (χ0v) is 9.63. The van der Waals surface area contributed by atoms with Crippen molar-refractivity contribution in [2.45, 2.75) is 25.8 Å². The van der Waals surface area contributed by atoms with Crippen molar-refractivity contribution in [3.05, 3.63) is 13.3 Å². The van der Waals surface area contributed by atoms with Gasteiger partial charge in [0.2, 0.25) is 0 Å². The van der Waals surface area contributed by atoms with Gasteiger partial charge in [-0.1, -0.05) is 5.92 Å². The minimum Gasteiger partial charge on any atom is -0.358 e. The molecular weight excluding hydrogens is 384 g/mol. The summed E-state index contributed by atoms with van der Waals surface area (Å²) in [5.74, 6) is 2.72. The van der Waals surface area contributed by atoms with Crippen LogP contribution < -0.4 is 0 Å². The van der Waals surface area contributed by atoms with Gasteiger partial charge >= 0.3 is 0 Å². The van der Waals surface area contributed by atoms with Gasteiger partial charge in [0.25, 0.3) is 0 Å². The standard InChI is InChI=1S/C8H14N.CH3.Lr/c1-6-3-7-4-8(7)9(2)5-6;;/h7-8H,3-5H2,1-2H3;1H3;/q2*-1;. The largest absolute Gasteiger partial charge is 0.358 e. The third-order valence-electron chi connectivity index (χ3n) is 2.58. The summed E-state index contributed by atoms with van der Waals surface area (Å²) < 4.78 is 0. The summed E-state index contributed by atoms with van der Waals surface area (Å²) in [5, 5.41) is 0. The van der Waals surface area contributed by atoms with Gasteiger partial charge in [0.1, 0.15) is 0 Å². The van der Waals surface area contributed by atoms with Gasteiger partial charge in [-0.25, -0.2) is 0 Å². The van der Waals surface area contributed by atoms with E-state index in [1.807, 2.05) is 0 Å². The summed E-state index contributed by atoms with van der Waals surface area (Å²) >= 11 is 0. The van der Waals surface area contributed by atoms with Crippen LogP contribution in [0.1, 0.15) is 19.8 Å². The van der Waals surface area contributed by atoms with Gasteiger partial charge in [-0.05, 0) is 13.5 Å². The fourth-order valence-electron chi connectivity index (χ4n) is 2.05. The van der Waals surface area contributed by atoms with Crippen LogP contribution in [-0.4, -0.2) is 24.5 Å². The van der Waals surface area contributed by atoms with Gasteiger partial charge in [0, 0.05) is 6.04 Å². The molecule has 2 unspecified atom stereocenters. The fourth-order valence-corrected chi connectivity index (χ4v) is 2.05. The van der Waals surface area contributed by atoms with Crippen molar-refractivity contribution in [3.63, 3.8) is 0 Å². The van der Waals surface area contributed by atoms with Crippen molar-refractivity contribution in [2.24, 2.45) is 5.92 Å². The van der Waals surface area contributed by atoms with E-state index < -0.39 is 0 Å². The molecule has 2 heteroatoms. The molecule has 1 saturated heterocycles. The summed E-state index contributed by atoms with van der Waals surface area (Å²) in [5.41, 5.74) is 0. The molecule has 2 aliphatic rings. The van der Waals surface area contributed by atoms with Crippen LogP contribution in [-0.2, 0) is 0 Å². The van der Waals surface area contributed by atoms with Crippen LogP contribution in [0.5, 0.6) is 0 Å². The summed E-state index contributed by atoms with van der Waals surface area (Å²) in [6.07, 6.45) is 2.88. The van der Waals surface area contributed by atoms with Crippen LogP contribution in [0.4, 0.5) is 0 Å².